The van der Waals surface area contributed by atoms with Crippen LogP contribution in [0.1, 0.15) is 91.4 Å². The molecule has 27 heavy (non-hydrogen) atoms. The van der Waals surface area contributed by atoms with Crippen LogP contribution < -0.4 is 0 Å². The van der Waals surface area contributed by atoms with Crippen LogP contribution >= 0.6 is 0 Å². The zero-order valence-corrected chi connectivity index (χ0v) is 17.5. The molecule has 0 saturated heterocycles. The molecule has 1 aliphatic carbocycles. The molecule has 5 heteroatoms. The third-order valence-corrected chi connectivity index (χ3v) is 5.48. The van der Waals surface area contributed by atoms with Crippen LogP contribution in [-0.2, 0) is 14.3 Å². The van der Waals surface area contributed by atoms with E-state index < -0.39 is 17.3 Å². The first-order chi connectivity index (χ1) is 12.8. The summed E-state index contributed by atoms with van der Waals surface area (Å²) < 4.78 is 4.80. The van der Waals surface area contributed by atoms with E-state index in [1.165, 1.54) is 45.6 Å². The molecular formula is C22H37NO4. The van der Waals surface area contributed by atoms with E-state index in [0.29, 0.717) is 6.42 Å². The van der Waals surface area contributed by atoms with Gasteiger partial charge in [-0.3, -0.25) is 9.59 Å². The van der Waals surface area contributed by atoms with Crippen LogP contribution in [0.4, 0.5) is 0 Å². The lowest BCUT2D eigenvalue weighted by Gasteiger charge is -2.36. The Morgan fingerprint density at radius 3 is 2.15 bits per heavy atom. The largest absolute Gasteiger partial charge is 0.511 e. The van der Waals surface area contributed by atoms with Crippen molar-refractivity contribution < 1.29 is 19.4 Å². The molecule has 1 aliphatic rings. The fourth-order valence-corrected chi connectivity index (χ4v) is 3.87. The average molecular weight is 380 g/mol. The number of rotatable bonds is 12. The molecule has 0 spiro atoms. The van der Waals surface area contributed by atoms with Crippen LogP contribution in [0.25, 0.3) is 0 Å². The number of unbranched alkanes of at least 4 members (excludes halogenated alkanes) is 8. The van der Waals surface area contributed by atoms with Gasteiger partial charge in [0.2, 0.25) is 0 Å². The maximum atomic E-state index is 12.5. The minimum absolute atomic E-state index is 0.0318. The molecular weight excluding hydrogens is 342 g/mol. The van der Waals surface area contributed by atoms with Gasteiger partial charge < -0.3 is 15.3 Å². The maximum absolute atomic E-state index is 12.5. The topological polar surface area (TPSA) is 87.4 Å². The number of hydrogen-bond acceptors (Lipinski definition) is 5. The predicted molar refractivity (Wildman–Crippen MR) is 108 cm³/mol. The highest BCUT2D eigenvalue weighted by Crippen LogP contribution is 2.42. The van der Waals surface area contributed by atoms with E-state index in [2.05, 4.69) is 6.92 Å². The number of allylic oxidation sites excluding steroid dienone is 1. The van der Waals surface area contributed by atoms with E-state index in [0.717, 1.165) is 19.3 Å². The molecule has 1 unspecified atom stereocenters. The van der Waals surface area contributed by atoms with E-state index in [9.17, 15) is 14.7 Å². The first kappa shape index (κ1) is 23.4. The minimum Gasteiger partial charge on any atom is -0.511 e. The van der Waals surface area contributed by atoms with Crippen molar-refractivity contribution in [2.75, 3.05) is 7.11 Å². The predicted octanol–water partition coefficient (Wildman–Crippen LogP) is 5.53. The summed E-state index contributed by atoms with van der Waals surface area (Å²) in [6.07, 6.45) is 11.2. The SMILES string of the molecule is CCCCCCCCCCCC(=N)C1=C(O)C(C(=O)OC)C(C)(C)CC1=O. The van der Waals surface area contributed by atoms with Crippen LogP contribution in [0.2, 0.25) is 0 Å². The van der Waals surface area contributed by atoms with E-state index in [1.807, 2.05) is 0 Å². The van der Waals surface area contributed by atoms with Crippen molar-refractivity contribution in [1.29, 1.82) is 5.41 Å². The Morgan fingerprint density at radius 2 is 1.63 bits per heavy atom. The fourth-order valence-electron chi connectivity index (χ4n) is 3.87. The third kappa shape index (κ3) is 6.78. The maximum Gasteiger partial charge on any atom is 0.316 e. The highest BCUT2D eigenvalue weighted by molar-refractivity contribution is 6.22. The van der Waals surface area contributed by atoms with E-state index >= 15 is 0 Å². The average Bonchev–Trinajstić information content (AvgIpc) is 2.58. The Bertz CT molecular complexity index is 563. The number of aliphatic hydroxyl groups is 1. The molecule has 154 valence electrons. The van der Waals surface area contributed by atoms with Crippen LogP contribution in [0.3, 0.4) is 0 Å². The number of carbonyl (C=O) groups is 2. The van der Waals surface area contributed by atoms with Gasteiger partial charge in [-0.2, -0.15) is 0 Å². The third-order valence-electron chi connectivity index (χ3n) is 5.48. The van der Waals surface area contributed by atoms with Crippen LogP contribution in [-0.4, -0.2) is 29.7 Å². The monoisotopic (exact) mass is 379 g/mol. The molecule has 0 fully saturated rings. The van der Waals surface area contributed by atoms with Crippen LogP contribution in [0.5, 0.6) is 0 Å². The van der Waals surface area contributed by atoms with Gasteiger partial charge in [-0.1, -0.05) is 72.1 Å². The second-order valence-corrected chi connectivity index (χ2v) is 8.36. The number of ketones is 1. The van der Waals surface area contributed by atoms with Gasteiger partial charge in [0, 0.05) is 12.1 Å². The van der Waals surface area contributed by atoms with E-state index in [4.69, 9.17) is 10.1 Å². The standard InChI is InChI=1S/C22H37NO4/c1-5-6-7-8-9-10-11-12-13-14-16(23)18-17(24)15-22(2,3)19(20(18)25)21(26)27-4/h19,23,25H,5-15H2,1-4H3. The number of carbonyl (C=O) groups excluding carboxylic acids is 2. The van der Waals surface area contributed by atoms with Gasteiger partial charge in [-0.25, -0.2) is 0 Å². The second kappa shape index (κ2) is 11.3. The zero-order chi connectivity index (χ0) is 20.4. The smallest absolute Gasteiger partial charge is 0.316 e. The lowest BCUT2D eigenvalue weighted by molar-refractivity contribution is -0.150. The molecule has 5 nitrogen and oxygen atoms in total. The molecule has 0 aromatic rings. The van der Waals surface area contributed by atoms with E-state index in [-0.39, 0.29) is 29.2 Å². The van der Waals surface area contributed by atoms with Crippen molar-refractivity contribution in [2.45, 2.75) is 91.4 Å². The highest BCUT2D eigenvalue weighted by atomic mass is 16.5. The lowest BCUT2D eigenvalue weighted by atomic mass is 9.67. The molecule has 1 rings (SSSR count). The molecule has 0 bridgehead atoms. The molecule has 0 aromatic carbocycles. The Morgan fingerprint density at radius 1 is 1.11 bits per heavy atom. The van der Waals surface area contributed by atoms with Gasteiger partial charge in [0.25, 0.3) is 0 Å². The Kier molecular flexibility index (Phi) is 9.75. The number of nitrogens with one attached hydrogen (secondary N) is 1. The van der Waals surface area contributed by atoms with Gasteiger partial charge in [-0.05, 0) is 18.3 Å². The summed E-state index contributed by atoms with van der Waals surface area (Å²) in [7, 11) is 1.27. The first-order valence-corrected chi connectivity index (χ1v) is 10.4. The van der Waals surface area contributed by atoms with Gasteiger partial charge in [-0.15, -0.1) is 0 Å². The summed E-state index contributed by atoms with van der Waals surface area (Å²) in [6, 6.07) is 0. The van der Waals surface area contributed by atoms with Crippen molar-refractivity contribution in [1.82, 2.24) is 0 Å². The minimum atomic E-state index is -0.890. The van der Waals surface area contributed by atoms with Gasteiger partial charge >= 0.3 is 5.97 Å². The van der Waals surface area contributed by atoms with Gasteiger partial charge in [0.15, 0.2) is 5.78 Å². The lowest BCUT2D eigenvalue weighted by Crippen LogP contribution is -2.41. The fraction of sp³-hybridized carbons (Fsp3) is 0.773. The van der Waals surface area contributed by atoms with Gasteiger partial charge in [0.05, 0.1) is 12.7 Å². The van der Waals surface area contributed by atoms with Crippen molar-refractivity contribution in [3.05, 3.63) is 11.3 Å². The summed E-state index contributed by atoms with van der Waals surface area (Å²) in [5.41, 5.74) is -0.537. The molecule has 0 aromatic heterocycles. The zero-order valence-electron chi connectivity index (χ0n) is 17.5. The van der Waals surface area contributed by atoms with Crippen molar-refractivity contribution in [2.24, 2.45) is 11.3 Å². The Hall–Kier alpha value is -1.65. The Balaban J connectivity index is 2.55. The van der Waals surface area contributed by atoms with Crippen molar-refractivity contribution in [3.63, 3.8) is 0 Å². The molecule has 0 radical (unpaired) electrons. The highest BCUT2D eigenvalue weighted by Gasteiger charge is 2.47. The number of methoxy groups -OCH3 is 1. The second-order valence-electron chi connectivity index (χ2n) is 8.36. The number of esters is 1. The van der Waals surface area contributed by atoms with Crippen LogP contribution in [0, 0.1) is 16.7 Å². The van der Waals surface area contributed by atoms with Crippen molar-refractivity contribution >= 4 is 17.5 Å². The molecule has 0 amide bonds. The number of ether oxygens (including phenoxy) is 1. The van der Waals surface area contributed by atoms with Crippen molar-refractivity contribution in [3.8, 4) is 0 Å². The summed E-state index contributed by atoms with van der Waals surface area (Å²) in [5, 5.41) is 18.8. The normalized spacial score (nSPS) is 19.3. The van der Waals surface area contributed by atoms with Crippen LogP contribution in [0.15, 0.2) is 11.3 Å². The quantitative estimate of drug-likeness (QED) is 0.265. The van der Waals surface area contributed by atoms with E-state index in [1.54, 1.807) is 13.8 Å². The number of hydrogen-bond donors (Lipinski definition) is 2. The summed E-state index contributed by atoms with van der Waals surface area (Å²) in [4.78, 5) is 24.6. The summed E-state index contributed by atoms with van der Waals surface area (Å²) in [5.74, 6) is -1.99. The van der Waals surface area contributed by atoms with Gasteiger partial charge in [0.1, 0.15) is 11.7 Å². The molecule has 1 atom stereocenters. The number of aliphatic hydroxyl groups excluding tert-OH is 1. The number of Topliss-reactive ketones (excluding diaryl/α,β-unsaturated/α-hetero) is 1. The Labute approximate surface area is 164 Å². The molecule has 0 heterocycles. The summed E-state index contributed by atoms with van der Waals surface area (Å²) in [6.45, 7) is 5.75. The molecule has 2 N–H and O–H groups in total. The summed E-state index contributed by atoms with van der Waals surface area (Å²) >= 11 is 0. The molecule has 0 aliphatic heterocycles. The molecule has 0 saturated carbocycles. The first-order valence-electron chi connectivity index (χ1n) is 10.4.